The molecule has 0 bridgehead atoms. The van der Waals surface area contributed by atoms with E-state index in [0.29, 0.717) is 12.1 Å². The average molecular weight is 381 g/mol. The van der Waals surface area contributed by atoms with Gasteiger partial charge in [0.2, 0.25) is 0 Å². The van der Waals surface area contributed by atoms with Gasteiger partial charge in [-0.3, -0.25) is 4.79 Å². The van der Waals surface area contributed by atoms with E-state index in [0.717, 1.165) is 28.8 Å². The van der Waals surface area contributed by atoms with Crippen molar-refractivity contribution in [3.05, 3.63) is 76.6 Å². The number of nitrogens with zero attached hydrogens (tertiary/aromatic N) is 3. The summed E-state index contributed by atoms with van der Waals surface area (Å²) < 4.78 is 2.05. The lowest BCUT2D eigenvalue weighted by molar-refractivity contribution is 0.0949. The van der Waals surface area contributed by atoms with Crippen LogP contribution >= 0.6 is 11.8 Å². The van der Waals surface area contributed by atoms with Crippen molar-refractivity contribution in [3.8, 4) is 0 Å². The Morgan fingerprint density at radius 2 is 1.63 bits per heavy atom. The second kappa shape index (κ2) is 8.86. The van der Waals surface area contributed by atoms with E-state index in [1.165, 1.54) is 11.1 Å². The van der Waals surface area contributed by atoms with Crippen LogP contribution in [0.1, 0.15) is 39.8 Å². The van der Waals surface area contributed by atoms with E-state index in [-0.39, 0.29) is 5.91 Å². The van der Waals surface area contributed by atoms with Crippen LogP contribution in [0.5, 0.6) is 0 Å². The van der Waals surface area contributed by atoms with E-state index in [1.54, 1.807) is 11.8 Å². The van der Waals surface area contributed by atoms with Gasteiger partial charge in [0.25, 0.3) is 5.91 Å². The fourth-order valence-corrected chi connectivity index (χ4v) is 3.65. The molecule has 0 atom stereocenters. The lowest BCUT2D eigenvalue weighted by atomic mass is 10.1. The third-order valence-electron chi connectivity index (χ3n) is 4.32. The van der Waals surface area contributed by atoms with E-state index in [1.807, 2.05) is 35.8 Å². The molecule has 0 saturated heterocycles. The molecule has 0 saturated carbocycles. The Balaban J connectivity index is 1.62. The fourth-order valence-electron chi connectivity index (χ4n) is 2.67. The lowest BCUT2D eigenvalue weighted by Crippen LogP contribution is -2.24. The van der Waals surface area contributed by atoms with Crippen LogP contribution in [0.4, 0.5) is 0 Å². The summed E-state index contributed by atoms with van der Waals surface area (Å²) in [6.45, 7) is 7.27. The molecule has 3 rings (SSSR count). The second-order valence-electron chi connectivity index (χ2n) is 6.47. The van der Waals surface area contributed by atoms with Gasteiger partial charge >= 0.3 is 0 Å². The first-order chi connectivity index (χ1) is 13.1. The maximum absolute atomic E-state index is 12.3. The van der Waals surface area contributed by atoms with Gasteiger partial charge in [-0.1, -0.05) is 59.3 Å². The quantitative estimate of drug-likeness (QED) is 0.626. The maximum Gasteiger partial charge on any atom is 0.251 e. The van der Waals surface area contributed by atoms with Crippen LogP contribution in [0, 0.1) is 13.8 Å². The number of benzene rings is 2. The Bertz CT molecular complexity index is 901. The Kier molecular flexibility index (Phi) is 6.29. The first-order valence-electron chi connectivity index (χ1n) is 9.02. The van der Waals surface area contributed by atoms with Gasteiger partial charge < -0.3 is 9.88 Å². The summed E-state index contributed by atoms with van der Waals surface area (Å²) in [5.74, 6) is 1.51. The van der Waals surface area contributed by atoms with E-state index in [2.05, 4.69) is 53.6 Å². The zero-order chi connectivity index (χ0) is 19.2. The van der Waals surface area contributed by atoms with Crippen LogP contribution in [0.2, 0.25) is 0 Å². The van der Waals surface area contributed by atoms with E-state index in [4.69, 9.17) is 0 Å². The highest BCUT2D eigenvalue weighted by atomic mass is 32.2. The van der Waals surface area contributed by atoms with Crippen molar-refractivity contribution in [1.29, 1.82) is 0 Å². The molecule has 0 aliphatic rings. The van der Waals surface area contributed by atoms with Crippen LogP contribution in [-0.4, -0.2) is 20.7 Å². The Labute approximate surface area is 164 Å². The van der Waals surface area contributed by atoms with Crippen LogP contribution in [-0.2, 0) is 18.8 Å². The highest BCUT2D eigenvalue weighted by Gasteiger charge is 2.13. The topological polar surface area (TPSA) is 59.8 Å². The summed E-state index contributed by atoms with van der Waals surface area (Å²) in [6, 6.07) is 16.0. The maximum atomic E-state index is 12.3. The molecule has 0 spiro atoms. The number of rotatable bonds is 7. The minimum absolute atomic E-state index is 0.102. The Morgan fingerprint density at radius 3 is 2.26 bits per heavy atom. The summed E-state index contributed by atoms with van der Waals surface area (Å²) in [5.41, 5.74) is 4.29. The molecular weight excluding hydrogens is 356 g/mol. The molecule has 6 heteroatoms. The molecule has 0 unspecified atom stereocenters. The largest absolute Gasteiger partial charge is 0.345 e. The number of thioether (sulfide) groups is 1. The van der Waals surface area contributed by atoms with Gasteiger partial charge in [0.1, 0.15) is 0 Å². The van der Waals surface area contributed by atoms with E-state index in [9.17, 15) is 4.79 Å². The number of hydrogen-bond donors (Lipinski definition) is 1. The van der Waals surface area contributed by atoms with Crippen LogP contribution in [0.3, 0.4) is 0 Å². The zero-order valence-corrected chi connectivity index (χ0v) is 16.7. The van der Waals surface area contributed by atoms with E-state index < -0.39 is 0 Å². The minimum Gasteiger partial charge on any atom is -0.345 e. The number of carbonyl (C=O) groups excluding carboxylic acids is 1. The summed E-state index contributed by atoms with van der Waals surface area (Å²) in [6.07, 6.45) is 0. The first kappa shape index (κ1) is 19.2. The molecule has 1 aromatic heterocycles. The molecule has 3 aromatic rings. The van der Waals surface area contributed by atoms with Crippen molar-refractivity contribution in [3.63, 3.8) is 0 Å². The first-order valence-corrected chi connectivity index (χ1v) is 10.0. The molecular formula is C21H24N4OS. The SMILES string of the molecule is CCn1c(CNC(=O)c2ccc(C)cc2)nnc1SCc1ccc(C)cc1. The Hall–Kier alpha value is -2.60. The van der Waals surface area contributed by atoms with Crippen LogP contribution in [0.25, 0.3) is 0 Å². The summed E-state index contributed by atoms with van der Waals surface area (Å²) in [7, 11) is 0. The van der Waals surface area contributed by atoms with Crippen molar-refractivity contribution in [2.24, 2.45) is 0 Å². The monoisotopic (exact) mass is 380 g/mol. The summed E-state index contributed by atoms with van der Waals surface area (Å²) in [5, 5.41) is 12.4. The van der Waals surface area contributed by atoms with Crippen molar-refractivity contribution in [2.75, 3.05) is 0 Å². The molecule has 5 nitrogen and oxygen atoms in total. The third kappa shape index (κ3) is 4.98. The molecule has 1 amide bonds. The van der Waals surface area contributed by atoms with Crippen molar-refractivity contribution < 1.29 is 4.79 Å². The van der Waals surface area contributed by atoms with Crippen LogP contribution in [0.15, 0.2) is 53.7 Å². The molecule has 1 N–H and O–H groups in total. The average Bonchev–Trinajstić information content (AvgIpc) is 3.08. The number of aromatic nitrogens is 3. The van der Waals surface area contributed by atoms with Gasteiger partial charge in [-0.05, 0) is 38.5 Å². The van der Waals surface area contributed by atoms with Crippen molar-refractivity contribution >= 4 is 17.7 Å². The highest BCUT2D eigenvalue weighted by Crippen LogP contribution is 2.22. The van der Waals surface area contributed by atoms with Crippen LogP contribution < -0.4 is 5.32 Å². The number of aryl methyl sites for hydroxylation is 2. The lowest BCUT2D eigenvalue weighted by Gasteiger charge is -2.09. The molecule has 27 heavy (non-hydrogen) atoms. The normalized spacial score (nSPS) is 10.8. The summed E-state index contributed by atoms with van der Waals surface area (Å²) >= 11 is 1.66. The van der Waals surface area contributed by atoms with Gasteiger partial charge in [0.05, 0.1) is 6.54 Å². The molecule has 2 aromatic carbocycles. The molecule has 140 valence electrons. The predicted molar refractivity (Wildman–Crippen MR) is 109 cm³/mol. The minimum atomic E-state index is -0.102. The van der Waals surface area contributed by atoms with Crippen molar-refractivity contribution in [2.45, 2.75) is 44.8 Å². The molecule has 0 aliphatic heterocycles. The standard InChI is InChI=1S/C21H24N4OS/c1-4-25-19(13-22-20(26)18-11-7-16(3)8-12-18)23-24-21(25)27-14-17-9-5-15(2)6-10-17/h5-12H,4,13-14H2,1-3H3,(H,22,26). The van der Waals surface area contributed by atoms with Gasteiger partial charge in [-0.25, -0.2) is 0 Å². The zero-order valence-electron chi connectivity index (χ0n) is 15.9. The van der Waals surface area contributed by atoms with Gasteiger partial charge in [-0.2, -0.15) is 0 Å². The number of amides is 1. The number of hydrogen-bond acceptors (Lipinski definition) is 4. The molecule has 1 heterocycles. The number of nitrogens with one attached hydrogen (secondary N) is 1. The van der Waals surface area contributed by atoms with E-state index >= 15 is 0 Å². The van der Waals surface area contributed by atoms with Crippen molar-refractivity contribution in [1.82, 2.24) is 20.1 Å². The third-order valence-corrected chi connectivity index (χ3v) is 5.36. The Morgan fingerprint density at radius 1 is 1.00 bits per heavy atom. The van der Waals surface area contributed by atoms with Gasteiger partial charge in [0.15, 0.2) is 11.0 Å². The molecule has 0 radical (unpaired) electrons. The molecule has 0 aliphatic carbocycles. The van der Waals surface area contributed by atoms with Gasteiger partial charge in [0, 0.05) is 17.9 Å². The summed E-state index contributed by atoms with van der Waals surface area (Å²) in [4.78, 5) is 12.3. The molecule has 0 fully saturated rings. The second-order valence-corrected chi connectivity index (χ2v) is 7.41. The van der Waals surface area contributed by atoms with Gasteiger partial charge in [-0.15, -0.1) is 10.2 Å². The highest BCUT2D eigenvalue weighted by molar-refractivity contribution is 7.98. The number of carbonyl (C=O) groups is 1. The smallest absolute Gasteiger partial charge is 0.251 e. The fraction of sp³-hybridized carbons (Fsp3) is 0.286. The predicted octanol–water partition coefficient (Wildman–Crippen LogP) is 4.14.